The number of hydrogen-bond donors (Lipinski definition) is 2. The Hall–Kier alpha value is -1.35. The Labute approximate surface area is 129 Å². The van der Waals surface area contributed by atoms with Crippen LogP contribution in [0.15, 0.2) is 36.5 Å². The molecule has 120 valence electrons. The minimum Gasteiger partial charge on any atom is -0.480 e. The molecular formula is C18H31NO2. The quantitative estimate of drug-likeness (QED) is 0.385. The summed E-state index contributed by atoms with van der Waals surface area (Å²) < 4.78 is 0. The molecule has 0 aliphatic rings. The van der Waals surface area contributed by atoms with Gasteiger partial charge in [-0.1, -0.05) is 62.6 Å². The fourth-order valence-electron chi connectivity index (χ4n) is 1.93. The largest absolute Gasteiger partial charge is 0.480 e. The molecule has 0 bridgehead atoms. The predicted molar refractivity (Wildman–Crippen MR) is 90.3 cm³/mol. The number of unbranched alkanes of at least 4 members (excludes halogenated alkanes) is 4. The summed E-state index contributed by atoms with van der Waals surface area (Å²) in [5, 5.41) is 8.64. The van der Waals surface area contributed by atoms with Crippen molar-refractivity contribution in [3.8, 4) is 0 Å². The molecule has 1 atom stereocenters. The Morgan fingerprint density at radius 2 is 1.52 bits per heavy atom. The van der Waals surface area contributed by atoms with Crippen molar-refractivity contribution in [1.29, 1.82) is 0 Å². The first kappa shape index (κ1) is 19.7. The molecule has 0 aromatic heterocycles. The molecule has 0 aromatic carbocycles. The summed E-state index contributed by atoms with van der Waals surface area (Å²) in [6.45, 7) is 2.14. The van der Waals surface area contributed by atoms with Crippen LogP contribution in [0.1, 0.15) is 64.7 Å². The van der Waals surface area contributed by atoms with Crippen molar-refractivity contribution in [2.75, 3.05) is 0 Å². The number of carboxylic acids is 1. The zero-order valence-electron chi connectivity index (χ0n) is 13.3. The Morgan fingerprint density at radius 1 is 0.952 bits per heavy atom. The fraction of sp³-hybridized carbons (Fsp3) is 0.611. The van der Waals surface area contributed by atoms with Crippen LogP contribution in [0.4, 0.5) is 0 Å². The first-order chi connectivity index (χ1) is 10.2. The lowest BCUT2D eigenvalue weighted by atomic mass is 10.1. The average Bonchev–Trinajstić information content (AvgIpc) is 2.47. The molecule has 1 unspecified atom stereocenters. The highest BCUT2D eigenvalue weighted by Gasteiger charge is 2.09. The summed E-state index contributed by atoms with van der Waals surface area (Å²) in [5.74, 6) is -0.892. The highest BCUT2D eigenvalue weighted by molar-refractivity contribution is 5.72. The average molecular weight is 293 g/mol. The predicted octanol–water partition coefficient (Wildman–Crippen LogP) is 4.60. The number of allylic oxidation sites excluding steroid dienone is 6. The summed E-state index contributed by atoms with van der Waals surface area (Å²) in [6, 6.07) is -0.691. The summed E-state index contributed by atoms with van der Waals surface area (Å²) in [7, 11) is 0. The zero-order valence-corrected chi connectivity index (χ0v) is 13.3. The lowest BCUT2D eigenvalue weighted by Gasteiger charge is -2.04. The minimum absolute atomic E-state index is 0.586. The van der Waals surface area contributed by atoms with E-state index in [4.69, 9.17) is 10.8 Å². The minimum atomic E-state index is -0.892. The molecule has 3 nitrogen and oxygen atoms in total. The molecule has 0 spiro atoms. The van der Waals surface area contributed by atoms with Gasteiger partial charge in [0.15, 0.2) is 0 Å². The van der Waals surface area contributed by atoms with E-state index in [-0.39, 0.29) is 0 Å². The Morgan fingerprint density at radius 3 is 2.14 bits per heavy atom. The first-order valence-electron chi connectivity index (χ1n) is 8.11. The number of rotatable bonds is 13. The SMILES string of the molecule is CCC=CCC=CCC=CCCCCCCC(N)C(=O)O. The van der Waals surface area contributed by atoms with E-state index in [1.54, 1.807) is 0 Å². The molecule has 0 aliphatic carbocycles. The number of carbonyl (C=O) groups is 1. The molecule has 0 fully saturated rings. The van der Waals surface area contributed by atoms with Gasteiger partial charge in [-0.25, -0.2) is 0 Å². The Kier molecular flexibility index (Phi) is 14.1. The molecule has 0 aliphatic heterocycles. The van der Waals surface area contributed by atoms with Crippen LogP contribution in [0.3, 0.4) is 0 Å². The van der Waals surface area contributed by atoms with E-state index in [0.29, 0.717) is 6.42 Å². The standard InChI is InChI=1S/C18H31NO2/c1-2-3-4-5-6-7-8-9-10-11-12-13-14-15-16-17(19)18(20)21/h3-4,6-7,9-10,17H,2,5,8,11-16,19H2,1H3,(H,20,21). The van der Waals surface area contributed by atoms with Crippen LogP contribution in [0.25, 0.3) is 0 Å². The van der Waals surface area contributed by atoms with E-state index < -0.39 is 12.0 Å². The molecular weight excluding hydrogens is 262 g/mol. The monoisotopic (exact) mass is 293 g/mol. The fourth-order valence-corrected chi connectivity index (χ4v) is 1.93. The highest BCUT2D eigenvalue weighted by Crippen LogP contribution is 2.07. The van der Waals surface area contributed by atoms with Gasteiger partial charge in [0.1, 0.15) is 6.04 Å². The molecule has 0 aromatic rings. The van der Waals surface area contributed by atoms with Crippen molar-refractivity contribution in [2.45, 2.75) is 70.8 Å². The van der Waals surface area contributed by atoms with Crippen molar-refractivity contribution in [2.24, 2.45) is 5.73 Å². The summed E-state index contributed by atoms with van der Waals surface area (Å²) >= 11 is 0. The zero-order chi connectivity index (χ0) is 15.8. The van der Waals surface area contributed by atoms with Crippen molar-refractivity contribution in [1.82, 2.24) is 0 Å². The van der Waals surface area contributed by atoms with E-state index in [9.17, 15) is 4.79 Å². The molecule has 3 heteroatoms. The van der Waals surface area contributed by atoms with Gasteiger partial charge in [0.05, 0.1) is 0 Å². The number of carboxylic acid groups (broad SMARTS) is 1. The van der Waals surface area contributed by atoms with Crippen molar-refractivity contribution in [3.05, 3.63) is 36.5 Å². The van der Waals surface area contributed by atoms with Crippen LogP contribution >= 0.6 is 0 Å². The van der Waals surface area contributed by atoms with Gasteiger partial charge >= 0.3 is 5.97 Å². The van der Waals surface area contributed by atoms with Crippen LogP contribution in [0.2, 0.25) is 0 Å². The van der Waals surface area contributed by atoms with Crippen LogP contribution in [-0.2, 0) is 4.79 Å². The van der Waals surface area contributed by atoms with Crippen molar-refractivity contribution in [3.63, 3.8) is 0 Å². The van der Waals surface area contributed by atoms with Gasteiger partial charge in [-0.15, -0.1) is 0 Å². The number of nitrogens with two attached hydrogens (primary N) is 1. The van der Waals surface area contributed by atoms with E-state index in [2.05, 4.69) is 43.4 Å². The van der Waals surface area contributed by atoms with Crippen LogP contribution in [-0.4, -0.2) is 17.1 Å². The number of aliphatic carboxylic acids is 1. The molecule has 0 rings (SSSR count). The van der Waals surface area contributed by atoms with Gasteiger partial charge in [0.25, 0.3) is 0 Å². The first-order valence-corrected chi connectivity index (χ1v) is 8.11. The summed E-state index contributed by atoms with van der Waals surface area (Å²) in [6.07, 6.45) is 22.3. The molecule has 0 heterocycles. The van der Waals surface area contributed by atoms with Gasteiger partial charge < -0.3 is 10.8 Å². The van der Waals surface area contributed by atoms with Crippen molar-refractivity contribution >= 4 is 5.97 Å². The lowest BCUT2D eigenvalue weighted by Crippen LogP contribution is -2.29. The van der Waals surface area contributed by atoms with Gasteiger partial charge in [-0.3, -0.25) is 4.79 Å². The third kappa shape index (κ3) is 14.9. The smallest absolute Gasteiger partial charge is 0.320 e. The van der Waals surface area contributed by atoms with Gasteiger partial charge in [-0.05, 0) is 38.5 Å². The van der Waals surface area contributed by atoms with Crippen molar-refractivity contribution < 1.29 is 9.90 Å². The van der Waals surface area contributed by atoms with E-state index in [1.807, 2.05) is 0 Å². The third-order valence-corrected chi connectivity index (χ3v) is 3.23. The topological polar surface area (TPSA) is 63.3 Å². The van der Waals surface area contributed by atoms with Crippen LogP contribution in [0.5, 0.6) is 0 Å². The Bertz CT molecular complexity index is 332. The second-order valence-corrected chi connectivity index (χ2v) is 5.23. The van der Waals surface area contributed by atoms with E-state index in [0.717, 1.165) is 44.9 Å². The van der Waals surface area contributed by atoms with E-state index in [1.165, 1.54) is 6.42 Å². The molecule has 0 radical (unpaired) electrons. The molecule has 3 N–H and O–H groups in total. The van der Waals surface area contributed by atoms with Gasteiger partial charge in [0.2, 0.25) is 0 Å². The second kappa shape index (κ2) is 15.0. The summed E-state index contributed by atoms with van der Waals surface area (Å²) in [5.41, 5.74) is 5.44. The van der Waals surface area contributed by atoms with Gasteiger partial charge in [0, 0.05) is 0 Å². The van der Waals surface area contributed by atoms with E-state index >= 15 is 0 Å². The lowest BCUT2D eigenvalue weighted by molar-refractivity contribution is -0.138. The highest BCUT2D eigenvalue weighted by atomic mass is 16.4. The normalized spacial score (nSPS) is 13.6. The third-order valence-electron chi connectivity index (χ3n) is 3.23. The molecule has 0 saturated heterocycles. The molecule has 0 saturated carbocycles. The van der Waals surface area contributed by atoms with Crippen LogP contribution < -0.4 is 5.73 Å². The van der Waals surface area contributed by atoms with Gasteiger partial charge in [-0.2, -0.15) is 0 Å². The molecule has 0 amide bonds. The summed E-state index contributed by atoms with van der Waals surface area (Å²) in [4.78, 5) is 10.5. The Balaban J connectivity index is 3.33. The maximum absolute atomic E-state index is 10.5. The maximum atomic E-state index is 10.5. The molecule has 21 heavy (non-hydrogen) atoms. The second-order valence-electron chi connectivity index (χ2n) is 5.23. The maximum Gasteiger partial charge on any atom is 0.320 e. The van der Waals surface area contributed by atoms with Crippen LogP contribution in [0, 0.1) is 0 Å². The number of hydrogen-bond acceptors (Lipinski definition) is 2.